The number of benzene rings is 7. The standard InChI is InChI=1S/C47H34N2O/c1-4-10-33(11-5-1)35-16-24-41(25-17-35)49(42-26-18-36(19-27-42)34-12-6-2-7-13-34)43-28-20-37(21-29-43)39-22-30-44-40(32-39)23-31-45-46(44)50-47(48-45)38-14-8-3-9-15-38/h1-18,20-32,36H,19H2. The molecule has 0 N–H and O–H groups in total. The van der Waals surface area contributed by atoms with E-state index < -0.39 is 0 Å². The van der Waals surface area contributed by atoms with E-state index in [0.717, 1.165) is 56.4 Å². The number of oxazole rings is 1. The van der Waals surface area contributed by atoms with E-state index in [1.54, 1.807) is 0 Å². The second-order valence-corrected chi connectivity index (χ2v) is 12.8. The fourth-order valence-corrected chi connectivity index (χ4v) is 7.00. The Morgan fingerprint density at radius 1 is 0.540 bits per heavy atom. The summed E-state index contributed by atoms with van der Waals surface area (Å²) < 4.78 is 6.29. The molecule has 3 nitrogen and oxygen atoms in total. The Hall–Kier alpha value is -6.45. The second kappa shape index (κ2) is 12.9. The quantitative estimate of drug-likeness (QED) is 0.173. The molecule has 0 saturated heterocycles. The van der Waals surface area contributed by atoms with E-state index >= 15 is 0 Å². The number of fused-ring (bicyclic) bond motifs is 3. The van der Waals surface area contributed by atoms with Gasteiger partial charge in [0.25, 0.3) is 0 Å². The lowest BCUT2D eigenvalue weighted by Gasteiger charge is -2.29. The smallest absolute Gasteiger partial charge is 0.227 e. The summed E-state index contributed by atoms with van der Waals surface area (Å²) in [6, 6.07) is 59.9. The third-order valence-electron chi connectivity index (χ3n) is 9.65. The molecule has 8 aromatic rings. The van der Waals surface area contributed by atoms with Crippen LogP contribution in [0.15, 0.2) is 198 Å². The third kappa shape index (κ3) is 5.69. The maximum Gasteiger partial charge on any atom is 0.227 e. The predicted molar refractivity (Wildman–Crippen MR) is 207 cm³/mol. The monoisotopic (exact) mass is 642 g/mol. The Bertz CT molecular complexity index is 2480. The first kappa shape index (κ1) is 29.7. The maximum absolute atomic E-state index is 6.29. The zero-order valence-corrected chi connectivity index (χ0v) is 27.5. The van der Waals surface area contributed by atoms with Crippen LogP contribution in [0.3, 0.4) is 0 Å². The van der Waals surface area contributed by atoms with Gasteiger partial charge in [0.05, 0.1) is 0 Å². The zero-order valence-electron chi connectivity index (χ0n) is 27.5. The van der Waals surface area contributed by atoms with Crippen LogP contribution in [0.4, 0.5) is 11.4 Å². The Balaban J connectivity index is 1.04. The average Bonchev–Trinajstić information content (AvgIpc) is 3.65. The van der Waals surface area contributed by atoms with Gasteiger partial charge in [0.2, 0.25) is 5.89 Å². The lowest BCUT2D eigenvalue weighted by molar-refractivity contribution is 0.623. The van der Waals surface area contributed by atoms with Crippen molar-refractivity contribution in [2.45, 2.75) is 12.3 Å². The first-order valence-electron chi connectivity index (χ1n) is 17.1. The molecule has 0 spiro atoms. The molecule has 1 aromatic heterocycles. The highest BCUT2D eigenvalue weighted by molar-refractivity contribution is 6.04. The van der Waals surface area contributed by atoms with Gasteiger partial charge >= 0.3 is 0 Å². The number of nitrogens with zero attached hydrogens (tertiary/aromatic N) is 2. The molecule has 238 valence electrons. The molecule has 0 bridgehead atoms. The van der Waals surface area contributed by atoms with Gasteiger partial charge in [-0.25, -0.2) is 4.98 Å². The molecule has 0 aliphatic heterocycles. The van der Waals surface area contributed by atoms with Gasteiger partial charge in [-0.3, -0.25) is 0 Å². The van der Waals surface area contributed by atoms with Crippen molar-refractivity contribution in [3.05, 3.63) is 199 Å². The molecule has 0 fully saturated rings. The number of rotatable bonds is 7. The first-order chi connectivity index (χ1) is 24.8. The maximum atomic E-state index is 6.29. The van der Waals surface area contributed by atoms with Crippen LogP contribution in [0.5, 0.6) is 0 Å². The van der Waals surface area contributed by atoms with Crippen LogP contribution in [0, 0.1) is 0 Å². The van der Waals surface area contributed by atoms with Crippen molar-refractivity contribution in [1.82, 2.24) is 4.98 Å². The molecule has 0 radical (unpaired) electrons. The van der Waals surface area contributed by atoms with E-state index in [9.17, 15) is 0 Å². The van der Waals surface area contributed by atoms with Crippen molar-refractivity contribution in [3.63, 3.8) is 0 Å². The molecule has 1 aliphatic rings. The van der Waals surface area contributed by atoms with Crippen LogP contribution in [-0.2, 0) is 0 Å². The van der Waals surface area contributed by atoms with Gasteiger partial charge < -0.3 is 9.32 Å². The summed E-state index contributed by atoms with van der Waals surface area (Å²) in [6.45, 7) is 0. The fraction of sp³-hybridized carbons (Fsp3) is 0.0426. The van der Waals surface area contributed by atoms with E-state index in [1.807, 2.05) is 30.3 Å². The highest BCUT2D eigenvalue weighted by Gasteiger charge is 2.19. The van der Waals surface area contributed by atoms with Crippen LogP contribution >= 0.6 is 0 Å². The average molecular weight is 643 g/mol. The molecule has 3 heteroatoms. The summed E-state index contributed by atoms with van der Waals surface area (Å²) in [5, 5.41) is 2.19. The number of anilines is 2. The molecule has 9 rings (SSSR count). The summed E-state index contributed by atoms with van der Waals surface area (Å²) >= 11 is 0. The Morgan fingerprint density at radius 3 is 1.76 bits per heavy atom. The second-order valence-electron chi connectivity index (χ2n) is 12.8. The Kier molecular flexibility index (Phi) is 7.64. The van der Waals surface area contributed by atoms with E-state index in [1.165, 1.54) is 22.4 Å². The molecule has 1 aliphatic carbocycles. The molecular formula is C47H34N2O. The van der Waals surface area contributed by atoms with Gasteiger partial charge in [-0.1, -0.05) is 127 Å². The lowest BCUT2D eigenvalue weighted by Crippen LogP contribution is -2.17. The fourth-order valence-electron chi connectivity index (χ4n) is 7.00. The minimum absolute atomic E-state index is 0.376. The summed E-state index contributed by atoms with van der Waals surface area (Å²) in [5.74, 6) is 1.02. The highest BCUT2D eigenvalue weighted by Crippen LogP contribution is 2.38. The van der Waals surface area contributed by atoms with Gasteiger partial charge in [0, 0.05) is 33.9 Å². The van der Waals surface area contributed by atoms with Crippen LogP contribution in [0.25, 0.3) is 55.6 Å². The van der Waals surface area contributed by atoms with Gasteiger partial charge in [-0.2, -0.15) is 0 Å². The van der Waals surface area contributed by atoms with Crippen molar-refractivity contribution < 1.29 is 4.42 Å². The summed E-state index contributed by atoms with van der Waals surface area (Å²) in [7, 11) is 0. The van der Waals surface area contributed by atoms with Crippen LogP contribution in [-0.4, -0.2) is 4.98 Å². The number of hydrogen-bond donors (Lipinski definition) is 0. The van der Waals surface area contributed by atoms with Crippen LogP contribution in [0.2, 0.25) is 0 Å². The number of allylic oxidation sites excluding steroid dienone is 3. The minimum Gasteiger partial charge on any atom is -0.435 e. The first-order valence-corrected chi connectivity index (χ1v) is 17.1. The van der Waals surface area contributed by atoms with Crippen molar-refractivity contribution in [3.8, 4) is 33.7 Å². The molecule has 0 amide bonds. The Morgan fingerprint density at radius 2 is 1.12 bits per heavy atom. The summed E-state index contributed by atoms with van der Waals surface area (Å²) in [6.07, 6.45) is 7.94. The van der Waals surface area contributed by atoms with Gasteiger partial charge in [-0.05, 0) is 100 Å². The lowest BCUT2D eigenvalue weighted by atomic mass is 9.91. The molecular weight excluding hydrogens is 609 g/mol. The largest absolute Gasteiger partial charge is 0.435 e. The van der Waals surface area contributed by atoms with Crippen molar-refractivity contribution in [1.29, 1.82) is 0 Å². The number of aromatic nitrogens is 1. The Labute approximate surface area is 292 Å². The third-order valence-corrected chi connectivity index (χ3v) is 9.65. The summed E-state index contributed by atoms with van der Waals surface area (Å²) in [5.41, 5.74) is 12.2. The van der Waals surface area contributed by atoms with Crippen molar-refractivity contribution >= 4 is 33.2 Å². The van der Waals surface area contributed by atoms with E-state index in [2.05, 4.69) is 163 Å². The minimum atomic E-state index is 0.376. The van der Waals surface area contributed by atoms with Crippen molar-refractivity contribution in [2.24, 2.45) is 0 Å². The van der Waals surface area contributed by atoms with E-state index in [0.29, 0.717) is 11.8 Å². The topological polar surface area (TPSA) is 29.3 Å². The summed E-state index contributed by atoms with van der Waals surface area (Å²) in [4.78, 5) is 7.12. The van der Waals surface area contributed by atoms with Gasteiger partial charge in [0.1, 0.15) is 5.52 Å². The predicted octanol–water partition coefficient (Wildman–Crippen LogP) is 12.7. The van der Waals surface area contributed by atoms with Gasteiger partial charge in [-0.15, -0.1) is 0 Å². The number of hydrogen-bond acceptors (Lipinski definition) is 3. The molecule has 7 aromatic carbocycles. The SMILES string of the molecule is C1=CC(c2ccccc2)CC=C1N(c1ccc(-c2ccccc2)cc1)c1ccc(-c2ccc3c(ccc4nc(-c5ccccc5)oc43)c2)cc1. The molecule has 50 heavy (non-hydrogen) atoms. The van der Waals surface area contributed by atoms with Gasteiger partial charge in [0.15, 0.2) is 5.58 Å². The molecule has 1 heterocycles. The van der Waals surface area contributed by atoms with Crippen LogP contribution in [0.1, 0.15) is 17.9 Å². The molecule has 0 saturated carbocycles. The van der Waals surface area contributed by atoms with E-state index in [4.69, 9.17) is 9.40 Å². The van der Waals surface area contributed by atoms with E-state index in [-0.39, 0.29) is 0 Å². The molecule has 1 unspecified atom stereocenters. The molecule has 1 atom stereocenters. The van der Waals surface area contributed by atoms with Crippen LogP contribution < -0.4 is 4.90 Å². The zero-order chi connectivity index (χ0) is 33.3. The van der Waals surface area contributed by atoms with Crippen molar-refractivity contribution in [2.75, 3.05) is 4.90 Å². The highest BCUT2D eigenvalue weighted by atomic mass is 16.3. The normalized spacial score (nSPS) is 14.2.